The molecule has 0 unspecified atom stereocenters. The van der Waals surface area contributed by atoms with Gasteiger partial charge in [0.05, 0.1) is 11.2 Å². The first-order valence-electron chi connectivity index (χ1n) is 6.00. The van der Waals surface area contributed by atoms with Gasteiger partial charge in [-0.3, -0.25) is 0 Å². The molecule has 0 atom stereocenters. The third-order valence-electron chi connectivity index (χ3n) is 2.91. The van der Waals surface area contributed by atoms with E-state index in [1.807, 2.05) is 12.1 Å². The minimum absolute atomic E-state index is 0.175. The maximum absolute atomic E-state index is 13.6. The Balaban J connectivity index is 1.96. The van der Waals surface area contributed by atoms with E-state index in [0.29, 0.717) is 11.5 Å². The van der Waals surface area contributed by atoms with Crippen molar-refractivity contribution < 1.29 is 8.78 Å². The van der Waals surface area contributed by atoms with Crippen LogP contribution in [-0.2, 0) is 0 Å². The van der Waals surface area contributed by atoms with Gasteiger partial charge in [-0.2, -0.15) is 0 Å². The highest BCUT2D eigenvalue weighted by Crippen LogP contribution is 2.22. The lowest BCUT2D eigenvalue weighted by molar-refractivity contribution is 0.586. The van der Waals surface area contributed by atoms with Crippen LogP contribution in [0.25, 0.3) is 10.9 Å². The van der Waals surface area contributed by atoms with Crippen LogP contribution >= 0.6 is 0 Å². The fraction of sp³-hybridized carbons (Fsp3) is 0. The van der Waals surface area contributed by atoms with Gasteiger partial charge in [-0.15, -0.1) is 0 Å². The Bertz CT molecular complexity index is 787. The van der Waals surface area contributed by atoms with E-state index in [-0.39, 0.29) is 5.69 Å². The normalized spacial score (nSPS) is 10.7. The van der Waals surface area contributed by atoms with Crippen LogP contribution in [0.5, 0.6) is 0 Å². The Morgan fingerprint density at radius 2 is 1.80 bits per heavy atom. The number of nitrogens with one attached hydrogen (secondary N) is 1. The Morgan fingerprint density at radius 3 is 2.60 bits per heavy atom. The zero-order chi connectivity index (χ0) is 14.1. The predicted molar refractivity (Wildman–Crippen MR) is 75.8 cm³/mol. The van der Waals surface area contributed by atoms with E-state index >= 15 is 0 Å². The van der Waals surface area contributed by atoms with E-state index < -0.39 is 11.6 Å². The highest BCUT2D eigenvalue weighted by molar-refractivity contribution is 5.83. The number of benzene rings is 2. The SMILES string of the molecule is Nc1ccc2nc(Nc3ccc(F)cc3F)ccc2c1. The molecule has 3 nitrogen and oxygen atoms in total. The molecule has 0 aliphatic heterocycles. The molecule has 0 amide bonds. The second kappa shape index (κ2) is 4.77. The first-order chi connectivity index (χ1) is 9.61. The maximum atomic E-state index is 13.6. The number of anilines is 3. The quantitative estimate of drug-likeness (QED) is 0.696. The van der Waals surface area contributed by atoms with Crippen molar-refractivity contribution in [3.8, 4) is 0 Å². The summed E-state index contributed by atoms with van der Waals surface area (Å²) >= 11 is 0. The summed E-state index contributed by atoms with van der Waals surface area (Å²) in [7, 11) is 0. The molecule has 2 aromatic carbocycles. The Morgan fingerprint density at radius 1 is 0.950 bits per heavy atom. The molecule has 0 bridgehead atoms. The molecule has 0 spiro atoms. The van der Waals surface area contributed by atoms with Crippen molar-refractivity contribution in [3.05, 3.63) is 60.2 Å². The lowest BCUT2D eigenvalue weighted by Crippen LogP contribution is -1.97. The van der Waals surface area contributed by atoms with Crippen molar-refractivity contribution in [3.63, 3.8) is 0 Å². The number of nitrogens with zero attached hydrogens (tertiary/aromatic N) is 1. The lowest BCUT2D eigenvalue weighted by Gasteiger charge is -2.08. The van der Waals surface area contributed by atoms with Gasteiger partial charge in [0.1, 0.15) is 17.5 Å². The van der Waals surface area contributed by atoms with Gasteiger partial charge in [-0.05, 0) is 42.5 Å². The van der Waals surface area contributed by atoms with Crippen molar-refractivity contribution in [1.82, 2.24) is 4.98 Å². The van der Waals surface area contributed by atoms with E-state index in [1.54, 1.807) is 18.2 Å². The average Bonchev–Trinajstić information content (AvgIpc) is 2.42. The number of nitrogen functional groups attached to an aromatic ring is 1. The van der Waals surface area contributed by atoms with Crippen LogP contribution in [0.2, 0.25) is 0 Å². The van der Waals surface area contributed by atoms with Crippen molar-refractivity contribution in [2.75, 3.05) is 11.1 Å². The molecule has 3 N–H and O–H groups in total. The third-order valence-corrected chi connectivity index (χ3v) is 2.91. The Kier molecular flexibility index (Phi) is 2.95. The average molecular weight is 271 g/mol. The van der Waals surface area contributed by atoms with E-state index in [4.69, 9.17) is 5.73 Å². The summed E-state index contributed by atoms with van der Waals surface area (Å²) in [6.45, 7) is 0. The largest absolute Gasteiger partial charge is 0.399 e. The molecule has 0 radical (unpaired) electrons. The van der Waals surface area contributed by atoms with Gasteiger partial charge >= 0.3 is 0 Å². The van der Waals surface area contributed by atoms with E-state index in [9.17, 15) is 8.78 Å². The van der Waals surface area contributed by atoms with Crippen LogP contribution in [-0.4, -0.2) is 4.98 Å². The Labute approximate surface area is 114 Å². The van der Waals surface area contributed by atoms with Gasteiger partial charge in [-0.1, -0.05) is 0 Å². The summed E-state index contributed by atoms with van der Waals surface area (Å²) < 4.78 is 26.4. The first kappa shape index (κ1) is 12.3. The molecule has 3 aromatic rings. The van der Waals surface area contributed by atoms with Crippen molar-refractivity contribution in [1.29, 1.82) is 0 Å². The van der Waals surface area contributed by atoms with Crippen LogP contribution in [0.1, 0.15) is 0 Å². The van der Waals surface area contributed by atoms with Crippen LogP contribution in [0, 0.1) is 11.6 Å². The molecule has 0 aliphatic carbocycles. The van der Waals surface area contributed by atoms with Gasteiger partial charge in [-0.25, -0.2) is 13.8 Å². The van der Waals surface area contributed by atoms with E-state index in [0.717, 1.165) is 17.0 Å². The van der Waals surface area contributed by atoms with Gasteiger partial charge in [0, 0.05) is 17.1 Å². The minimum Gasteiger partial charge on any atom is -0.399 e. The topological polar surface area (TPSA) is 50.9 Å². The molecule has 0 saturated heterocycles. The highest BCUT2D eigenvalue weighted by Gasteiger charge is 2.05. The summed E-state index contributed by atoms with van der Waals surface area (Å²) in [5, 5.41) is 3.72. The second-order valence-corrected chi connectivity index (χ2v) is 4.40. The van der Waals surface area contributed by atoms with E-state index in [2.05, 4.69) is 10.3 Å². The van der Waals surface area contributed by atoms with Gasteiger partial charge in [0.25, 0.3) is 0 Å². The summed E-state index contributed by atoms with van der Waals surface area (Å²) in [6, 6.07) is 12.2. The molecule has 0 saturated carbocycles. The van der Waals surface area contributed by atoms with Crippen molar-refractivity contribution in [2.24, 2.45) is 0 Å². The predicted octanol–water partition coefficient (Wildman–Crippen LogP) is 3.84. The summed E-state index contributed by atoms with van der Waals surface area (Å²) in [5.41, 5.74) is 7.27. The number of fused-ring (bicyclic) bond motifs is 1. The Hall–Kier alpha value is -2.69. The van der Waals surface area contributed by atoms with Crippen LogP contribution in [0.3, 0.4) is 0 Å². The second-order valence-electron chi connectivity index (χ2n) is 4.40. The number of nitrogens with two attached hydrogens (primary N) is 1. The molecule has 0 aliphatic rings. The number of aromatic nitrogens is 1. The van der Waals surface area contributed by atoms with E-state index in [1.165, 1.54) is 12.1 Å². The van der Waals surface area contributed by atoms with Crippen LogP contribution < -0.4 is 11.1 Å². The smallest absolute Gasteiger partial charge is 0.149 e. The van der Waals surface area contributed by atoms with Gasteiger partial charge in [0.2, 0.25) is 0 Å². The number of halogens is 2. The summed E-state index contributed by atoms with van der Waals surface area (Å²) in [6.07, 6.45) is 0. The molecular formula is C15H11F2N3. The number of hydrogen-bond donors (Lipinski definition) is 2. The standard InChI is InChI=1S/C15H11F2N3/c16-10-2-4-14(12(17)8-10)20-15-6-1-9-7-11(18)3-5-13(9)19-15/h1-8H,18H2,(H,19,20). The number of rotatable bonds is 2. The van der Waals surface area contributed by atoms with Gasteiger partial charge in [0.15, 0.2) is 0 Å². The molecule has 1 heterocycles. The van der Waals surface area contributed by atoms with Crippen LogP contribution in [0.15, 0.2) is 48.5 Å². The third kappa shape index (κ3) is 2.38. The summed E-state index contributed by atoms with van der Waals surface area (Å²) in [4.78, 5) is 4.35. The zero-order valence-electron chi connectivity index (χ0n) is 10.4. The highest BCUT2D eigenvalue weighted by atomic mass is 19.1. The summed E-state index contributed by atoms with van der Waals surface area (Å²) in [5.74, 6) is -0.799. The lowest BCUT2D eigenvalue weighted by atomic mass is 10.2. The molecule has 100 valence electrons. The number of hydrogen-bond acceptors (Lipinski definition) is 3. The monoisotopic (exact) mass is 271 g/mol. The fourth-order valence-corrected chi connectivity index (χ4v) is 1.94. The molecule has 3 rings (SSSR count). The minimum atomic E-state index is -0.663. The van der Waals surface area contributed by atoms with Crippen LogP contribution in [0.4, 0.5) is 26.0 Å². The number of pyridine rings is 1. The van der Waals surface area contributed by atoms with Gasteiger partial charge < -0.3 is 11.1 Å². The van der Waals surface area contributed by atoms with Crippen molar-refractivity contribution >= 4 is 28.1 Å². The maximum Gasteiger partial charge on any atom is 0.149 e. The first-order valence-corrected chi connectivity index (χ1v) is 6.00. The fourth-order valence-electron chi connectivity index (χ4n) is 1.94. The molecule has 1 aromatic heterocycles. The molecular weight excluding hydrogens is 260 g/mol. The zero-order valence-corrected chi connectivity index (χ0v) is 10.4. The van der Waals surface area contributed by atoms with Crippen molar-refractivity contribution in [2.45, 2.75) is 0 Å². The molecule has 0 fully saturated rings. The molecule has 5 heteroatoms. The molecule has 20 heavy (non-hydrogen) atoms.